The normalized spacial score (nSPS) is 16.3. The van der Waals surface area contributed by atoms with Crippen molar-refractivity contribution in [3.8, 4) is 0 Å². The standard InChI is InChI=1S/C7H19N2/c1-6(2)9(4,5)7(3)8/h6-7H,8H2,1-5H3/q+1. The third-order valence-corrected chi connectivity index (χ3v) is 2.38. The number of quaternary nitrogens is 1. The van der Waals surface area contributed by atoms with Crippen molar-refractivity contribution in [3.05, 3.63) is 0 Å². The minimum atomic E-state index is 0.227. The summed E-state index contributed by atoms with van der Waals surface area (Å²) in [6.45, 7) is 6.41. The largest absolute Gasteiger partial charge is 0.312 e. The molecule has 56 valence electrons. The van der Waals surface area contributed by atoms with E-state index in [1.165, 1.54) is 0 Å². The molecular formula is C7H19N2+. The van der Waals surface area contributed by atoms with Gasteiger partial charge in [-0.1, -0.05) is 0 Å². The van der Waals surface area contributed by atoms with Crippen LogP contribution in [0.3, 0.4) is 0 Å². The lowest BCUT2D eigenvalue weighted by Crippen LogP contribution is -2.56. The lowest BCUT2D eigenvalue weighted by Gasteiger charge is -2.37. The molecule has 2 heteroatoms. The van der Waals surface area contributed by atoms with Crippen LogP contribution < -0.4 is 5.73 Å². The smallest absolute Gasteiger partial charge is 0.137 e. The second-order valence-electron chi connectivity index (χ2n) is 3.46. The number of nitrogens with two attached hydrogens (primary N) is 1. The maximum atomic E-state index is 5.74. The van der Waals surface area contributed by atoms with Crippen LogP contribution in [0.4, 0.5) is 0 Å². The van der Waals surface area contributed by atoms with E-state index in [1.54, 1.807) is 0 Å². The summed E-state index contributed by atoms with van der Waals surface area (Å²) in [5, 5.41) is 0. The molecule has 0 fully saturated rings. The summed E-state index contributed by atoms with van der Waals surface area (Å²) in [6.07, 6.45) is 0.227. The first-order valence-electron chi connectivity index (χ1n) is 3.48. The van der Waals surface area contributed by atoms with Gasteiger partial charge in [0.2, 0.25) is 0 Å². The Morgan fingerprint density at radius 3 is 1.44 bits per heavy atom. The fraction of sp³-hybridized carbons (Fsp3) is 1.00. The van der Waals surface area contributed by atoms with Gasteiger partial charge in [-0.05, 0) is 13.8 Å². The predicted molar refractivity (Wildman–Crippen MR) is 40.9 cm³/mol. The molecule has 0 aliphatic rings. The SMILES string of the molecule is CC(C)[N+](C)(C)C(C)N. The average molecular weight is 131 g/mol. The molecule has 1 atom stereocenters. The first-order chi connectivity index (χ1) is 3.89. The number of hydrogen-bond acceptors (Lipinski definition) is 1. The molecule has 0 aliphatic heterocycles. The summed E-state index contributed by atoms with van der Waals surface area (Å²) in [5.41, 5.74) is 5.74. The van der Waals surface area contributed by atoms with E-state index in [9.17, 15) is 0 Å². The molecule has 2 N–H and O–H groups in total. The van der Waals surface area contributed by atoms with Crippen molar-refractivity contribution in [2.24, 2.45) is 5.73 Å². The molecule has 0 bridgehead atoms. The van der Waals surface area contributed by atoms with E-state index < -0.39 is 0 Å². The maximum Gasteiger partial charge on any atom is 0.137 e. The van der Waals surface area contributed by atoms with Gasteiger partial charge in [-0.3, -0.25) is 5.73 Å². The Kier molecular flexibility index (Phi) is 2.65. The number of hydrogen-bond donors (Lipinski definition) is 1. The summed E-state index contributed by atoms with van der Waals surface area (Å²) in [5.74, 6) is 0. The Bertz CT molecular complexity index is 74.9. The van der Waals surface area contributed by atoms with Gasteiger partial charge in [-0.25, -0.2) is 0 Å². The van der Waals surface area contributed by atoms with E-state index in [0.29, 0.717) is 6.04 Å². The highest BCUT2D eigenvalue weighted by Crippen LogP contribution is 2.07. The van der Waals surface area contributed by atoms with Gasteiger partial charge in [0.15, 0.2) is 0 Å². The van der Waals surface area contributed by atoms with E-state index in [0.717, 1.165) is 4.48 Å². The average Bonchev–Trinajstić information content (AvgIpc) is 1.65. The first-order valence-corrected chi connectivity index (χ1v) is 3.48. The van der Waals surface area contributed by atoms with Crippen LogP contribution in [-0.2, 0) is 0 Å². The van der Waals surface area contributed by atoms with Crippen LogP contribution in [0.5, 0.6) is 0 Å². The molecule has 0 aromatic carbocycles. The van der Waals surface area contributed by atoms with Crippen molar-refractivity contribution in [2.45, 2.75) is 33.0 Å². The van der Waals surface area contributed by atoms with E-state index in [-0.39, 0.29) is 6.17 Å². The van der Waals surface area contributed by atoms with Gasteiger partial charge in [-0.2, -0.15) is 0 Å². The molecular weight excluding hydrogens is 112 g/mol. The van der Waals surface area contributed by atoms with Crippen LogP contribution >= 0.6 is 0 Å². The molecule has 0 aromatic heterocycles. The van der Waals surface area contributed by atoms with Crippen LogP contribution in [0.15, 0.2) is 0 Å². The zero-order valence-electron chi connectivity index (χ0n) is 7.18. The van der Waals surface area contributed by atoms with Crippen LogP contribution in [0, 0.1) is 0 Å². The Morgan fingerprint density at radius 2 is 1.44 bits per heavy atom. The van der Waals surface area contributed by atoms with Gasteiger partial charge < -0.3 is 4.48 Å². The Balaban J connectivity index is 4.01. The molecule has 1 unspecified atom stereocenters. The van der Waals surface area contributed by atoms with Crippen LogP contribution in [-0.4, -0.2) is 30.8 Å². The maximum absolute atomic E-state index is 5.74. The van der Waals surface area contributed by atoms with Crippen molar-refractivity contribution in [2.75, 3.05) is 14.1 Å². The molecule has 0 saturated carbocycles. The Labute approximate surface area is 58.2 Å². The summed E-state index contributed by atoms with van der Waals surface area (Å²) in [4.78, 5) is 0. The highest BCUT2D eigenvalue weighted by Gasteiger charge is 2.23. The zero-order valence-corrected chi connectivity index (χ0v) is 7.18. The molecule has 9 heavy (non-hydrogen) atoms. The topological polar surface area (TPSA) is 26.0 Å². The second kappa shape index (κ2) is 2.67. The molecule has 0 heterocycles. The third kappa shape index (κ3) is 1.95. The van der Waals surface area contributed by atoms with Crippen LogP contribution in [0.25, 0.3) is 0 Å². The molecule has 0 radical (unpaired) electrons. The van der Waals surface area contributed by atoms with E-state index >= 15 is 0 Å². The third-order valence-electron chi connectivity index (χ3n) is 2.38. The van der Waals surface area contributed by atoms with Gasteiger partial charge in [0.05, 0.1) is 20.1 Å². The van der Waals surface area contributed by atoms with Crippen molar-refractivity contribution >= 4 is 0 Å². The highest BCUT2D eigenvalue weighted by atomic mass is 15.4. The summed E-state index contributed by atoms with van der Waals surface area (Å²) in [7, 11) is 4.30. The molecule has 0 rings (SSSR count). The quantitative estimate of drug-likeness (QED) is 0.435. The van der Waals surface area contributed by atoms with Crippen molar-refractivity contribution < 1.29 is 4.48 Å². The van der Waals surface area contributed by atoms with Gasteiger partial charge in [0.25, 0.3) is 0 Å². The molecule has 0 spiro atoms. The monoisotopic (exact) mass is 131 g/mol. The predicted octanol–water partition coefficient (Wildman–Crippen LogP) is 0.776. The summed E-state index contributed by atoms with van der Waals surface area (Å²) in [6, 6.07) is 0.602. The fourth-order valence-electron chi connectivity index (χ4n) is 0.470. The lowest BCUT2D eigenvalue weighted by molar-refractivity contribution is -0.932. The molecule has 0 saturated heterocycles. The second-order valence-corrected chi connectivity index (χ2v) is 3.46. The van der Waals surface area contributed by atoms with Gasteiger partial charge >= 0.3 is 0 Å². The fourth-order valence-corrected chi connectivity index (χ4v) is 0.470. The van der Waals surface area contributed by atoms with Crippen LogP contribution in [0.1, 0.15) is 20.8 Å². The van der Waals surface area contributed by atoms with E-state index in [4.69, 9.17) is 5.73 Å². The highest BCUT2D eigenvalue weighted by molar-refractivity contribution is 4.43. The molecule has 0 amide bonds. The molecule has 2 nitrogen and oxygen atoms in total. The molecule has 0 aliphatic carbocycles. The lowest BCUT2D eigenvalue weighted by atomic mass is 10.2. The number of nitrogens with zero attached hydrogens (tertiary/aromatic N) is 1. The van der Waals surface area contributed by atoms with Gasteiger partial charge in [0.1, 0.15) is 6.17 Å². The van der Waals surface area contributed by atoms with Gasteiger partial charge in [-0.15, -0.1) is 0 Å². The van der Waals surface area contributed by atoms with Crippen LogP contribution in [0.2, 0.25) is 0 Å². The first kappa shape index (κ1) is 8.92. The zero-order chi connectivity index (χ0) is 7.65. The Hall–Kier alpha value is -0.0800. The molecule has 0 aromatic rings. The summed E-state index contributed by atoms with van der Waals surface area (Å²) >= 11 is 0. The number of rotatable bonds is 2. The van der Waals surface area contributed by atoms with Crippen molar-refractivity contribution in [1.29, 1.82) is 0 Å². The van der Waals surface area contributed by atoms with E-state index in [2.05, 4.69) is 27.9 Å². The summed E-state index contributed by atoms with van der Waals surface area (Å²) < 4.78 is 0.889. The Morgan fingerprint density at radius 1 is 1.11 bits per heavy atom. The minimum Gasteiger partial charge on any atom is -0.312 e. The van der Waals surface area contributed by atoms with Gasteiger partial charge in [0, 0.05) is 6.92 Å². The van der Waals surface area contributed by atoms with E-state index in [1.807, 2.05) is 6.92 Å². The van der Waals surface area contributed by atoms with Crippen molar-refractivity contribution in [1.82, 2.24) is 0 Å². The minimum absolute atomic E-state index is 0.227. The van der Waals surface area contributed by atoms with Crippen molar-refractivity contribution in [3.63, 3.8) is 0 Å².